The molecule has 0 amide bonds. The maximum Gasteiger partial charge on any atom is 0.306 e. The minimum Gasteiger partial charge on any atom is -0.462 e. The van der Waals surface area contributed by atoms with Crippen molar-refractivity contribution in [2.45, 2.75) is 304 Å². The Balaban J connectivity index is 4.28. The summed E-state index contributed by atoms with van der Waals surface area (Å²) in [5, 5.41) is 0. The Labute approximate surface area is 380 Å². The van der Waals surface area contributed by atoms with Gasteiger partial charge in [-0.05, 0) is 37.0 Å². The van der Waals surface area contributed by atoms with Gasteiger partial charge in [-0.25, -0.2) is 0 Å². The number of rotatable bonds is 48. The van der Waals surface area contributed by atoms with E-state index < -0.39 is 6.10 Å². The molecule has 0 saturated carbocycles. The average Bonchev–Trinajstić information content (AvgIpc) is 3.24. The number of esters is 3. The number of ether oxygens (including phenoxy) is 3. The van der Waals surface area contributed by atoms with E-state index in [4.69, 9.17) is 14.2 Å². The molecule has 362 valence electrons. The molecule has 0 bridgehead atoms. The fourth-order valence-corrected chi connectivity index (χ4v) is 8.23. The number of unbranched alkanes of at least 4 members (excludes halogenated alkanes) is 29. The van der Waals surface area contributed by atoms with Crippen LogP contribution in [0.5, 0.6) is 0 Å². The van der Waals surface area contributed by atoms with Gasteiger partial charge in [0.15, 0.2) is 6.10 Å². The van der Waals surface area contributed by atoms with E-state index in [0.717, 1.165) is 75.5 Å². The van der Waals surface area contributed by atoms with E-state index in [1.54, 1.807) is 0 Å². The van der Waals surface area contributed by atoms with Crippen molar-refractivity contribution in [1.82, 2.24) is 0 Å². The van der Waals surface area contributed by atoms with Gasteiger partial charge in [-0.15, -0.1) is 0 Å². The number of hydrogen-bond donors (Lipinski definition) is 0. The van der Waals surface area contributed by atoms with Crippen molar-refractivity contribution in [1.29, 1.82) is 0 Å². The molecule has 0 saturated heterocycles. The summed E-state index contributed by atoms with van der Waals surface area (Å²) in [7, 11) is 0. The second-order valence-electron chi connectivity index (χ2n) is 19.8. The lowest BCUT2D eigenvalue weighted by Gasteiger charge is -2.18. The molecule has 6 heteroatoms. The number of carbonyl (C=O) groups is 3. The van der Waals surface area contributed by atoms with Crippen molar-refractivity contribution in [2.24, 2.45) is 17.8 Å². The highest BCUT2D eigenvalue weighted by molar-refractivity contribution is 5.71. The maximum absolute atomic E-state index is 12.8. The summed E-state index contributed by atoms with van der Waals surface area (Å²) in [6.07, 6.45) is 46.6. The predicted molar refractivity (Wildman–Crippen MR) is 261 cm³/mol. The normalized spacial score (nSPS) is 13.0. The van der Waals surface area contributed by atoms with Crippen LogP contribution < -0.4 is 0 Å². The van der Waals surface area contributed by atoms with Gasteiger partial charge < -0.3 is 14.2 Å². The van der Waals surface area contributed by atoms with Crippen LogP contribution in [-0.4, -0.2) is 37.2 Å². The van der Waals surface area contributed by atoms with Crippen LogP contribution in [0.3, 0.4) is 0 Å². The van der Waals surface area contributed by atoms with Crippen molar-refractivity contribution < 1.29 is 28.6 Å². The fourth-order valence-electron chi connectivity index (χ4n) is 8.23. The molecule has 0 spiro atoms. The minimum absolute atomic E-state index is 0.0651. The van der Waals surface area contributed by atoms with Gasteiger partial charge in [0.05, 0.1) is 0 Å². The van der Waals surface area contributed by atoms with Crippen LogP contribution in [-0.2, 0) is 28.6 Å². The molecule has 0 aliphatic carbocycles. The van der Waals surface area contributed by atoms with Crippen molar-refractivity contribution >= 4 is 17.9 Å². The molecule has 0 aliphatic rings. The van der Waals surface area contributed by atoms with Crippen LogP contribution in [0.1, 0.15) is 298 Å². The van der Waals surface area contributed by atoms with Crippen LogP contribution in [0.15, 0.2) is 0 Å². The van der Waals surface area contributed by atoms with Gasteiger partial charge >= 0.3 is 17.9 Å². The number of hydrogen-bond acceptors (Lipinski definition) is 6. The lowest BCUT2D eigenvalue weighted by molar-refractivity contribution is -0.167. The van der Waals surface area contributed by atoms with E-state index in [9.17, 15) is 14.4 Å². The minimum atomic E-state index is -0.763. The first kappa shape index (κ1) is 59.4. The Morgan fingerprint density at radius 1 is 0.328 bits per heavy atom. The van der Waals surface area contributed by atoms with Gasteiger partial charge in [0.1, 0.15) is 13.2 Å². The molecule has 6 nitrogen and oxygen atoms in total. The van der Waals surface area contributed by atoms with E-state index in [1.165, 1.54) is 180 Å². The van der Waals surface area contributed by atoms with Crippen molar-refractivity contribution in [3.8, 4) is 0 Å². The molecule has 0 radical (unpaired) electrons. The lowest BCUT2D eigenvalue weighted by Crippen LogP contribution is -2.30. The zero-order valence-corrected chi connectivity index (χ0v) is 42.0. The smallest absolute Gasteiger partial charge is 0.306 e. The second-order valence-corrected chi connectivity index (χ2v) is 19.8. The molecular formula is C55H106O6. The first-order valence-electron chi connectivity index (χ1n) is 27.2. The standard InChI is InChI=1S/C55H106O6/c1-7-50(5)42-36-30-24-20-17-18-21-25-32-38-44-53(56)59-47-52(48-60-54(57)45-39-33-28-27-31-37-43-51(6)8-2)61-55(58)46-40-34-26-22-16-14-12-10-9-11-13-15-19-23-29-35-41-49(3)4/h49-52H,7-48H2,1-6H3/t50?,51?,52-/m1/s1. The van der Waals surface area contributed by atoms with Crippen LogP contribution in [0.25, 0.3) is 0 Å². The highest BCUT2D eigenvalue weighted by Gasteiger charge is 2.19. The Hall–Kier alpha value is -1.59. The maximum atomic E-state index is 12.8. The summed E-state index contributed by atoms with van der Waals surface area (Å²) in [4.78, 5) is 38.0. The average molecular weight is 863 g/mol. The van der Waals surface area contributed by atoms with Gasteiger partial charge in [0, 0.05) is 19.3 Å². The Morgan fingerprint density at radius 2 is 0.574 bits per heavy atom. The quantitative estimate of drug-likeness (QED) is 0.0344. The molecule has 0 N–H and O–H groups in total. The molecular weight excluding hydrogens is 757 g/mol. The molecule has 61 heavy (non-hydrogen) atoms. The predicted octanol–water partition coefficient (Wildman–Crippen LogP) is 17.6. The van der Waals surface area contributed by atoms with Crippen LogP contribution in [0.4, 0.5) is 0 Å². The summed E-state index contributed by atoms with van der Waals surface area (Å²) in [6.45, 7) is 13.7. The van der Waals surface area contributed by atoms with Gasteiger partial charge in [-0.1, -0.05) is 260 Å². The zero-order valence-electron chi connectivity index (χ0n) is 42.0. The Kier molecular flexibility index (Phi) is 45.2. The third-order valence-corrected chi connectivity index (χ3v) is 13.1. The molecule has 3 atom stereocenters. The zero-order chi connectivity index (χ0) is 44.9. The van der Waals surface area contributed by atoms with Crippen molar-refractivity contribution in [3.05, 3.63) is 0 Å². The van der Waals surface area contributed by atoms with Gasteiger partial charge in [-0.2, -0.15) is 0 Å². The Bertz CT molecular complexity index is 949. The third kappa shape index (κ3) is 46.2. The first-order chi connectivity index (χ1) is 29.7. The summed E-state index contributed by atoms with van der Waals surface area (Å²) in [5.41, 5.74) is 0. The highest BCUT2D eigenvalue weighted by atomic mass is 16.6. The van der Waals surface area contributed by atoms with Gasteiger partial charge in [0.25, 0.3) is 0 Å². The van der Waals surface area contributed by atoms with Crippen LogP contribution in [0.2, 0.25) is 0 Å². The topological polar surface area (TPSA) is 78.9 Å². The molecule has 0 rings (SSSR count). The van der Waals surface area contributed by atoms with E-state index >= 15 is 0 Å². The molecule has 0 aromatic heterocycles. The molecule has 0 heterocycles. The highest BCUT2D eigenvalue weighted by Crippen LogP contribution is 2.19. The Morgan fingerprint density at radius 3 is 0.852 bits per heavy atom. The van der Waals surface area contributed by atoms with E-state index in [2.05, 4.69) is 41.5 Å². The summed E-state index contributed by atoms with van der Waals surface area (Å²) >= 11 is 0. The van der Waals surface area contributed by atoms with Crippen molar-refractivity contribution in [3.63, 3.8) is 0 Å². The van der Waals surface area contributed by atoms with Gasteiger partial charge in [0.2, 0.25) is 0 Å². The van der Waals surface area contributed by atoms with Crippen LogP contribution in [0, 0.1) is 17.8 Å². The van der Waals surface area contributed by atoms with Gasteiger partial charge in [-0.3, -0.25) is 14.4 Å². The lowest BCUT2D eigenvalue weighted by atomic mass is 9.99. The van der Waals surface area contributed by atoms with Crippen molar-refractivity contribution in [2.75, 3.05) is 13.2 Å². The number of carbonyl (C=O) groups excluding carboxylic acids is 3. The molecule has 0 aromatic carbocycles. The van der Waals surface area contributed by atoms with E-state index in [-0.39, 0.29) is 31.1 Å². The monoisotopic (exact) mass is 863 g/mol. The van der Waals surface area contributed by atoms with E-state index in [1.807, 2.05) is 0 Å². The molecule has 0 aromatic rings. The summed E-state index contributed by atoms with van der Waals surface area (Å²) < 4.78 is 16.8. The molecule has 2 unspecified atom stereocenters. The van der Waals surface area contributed by atoms with E-state index in [0.29, 0.717) is 19.3 Å². The second kappa shape index (κ2) is 46.4. The fraction of sp³-hybridized carbons (Fsp3) is 0.945. The van der Waals surface area contributed by atoms with Crippen LogP contribution >= 0.6 is 0 Å². The summed E-state index contributed by atoms with van der Waals surface area (Å²) in [5.74, 6) is 1.68. The molecule has 0 fully saturated rings. The first-order valence-corrected chi connectivity index (χ1v) is 27.2. The largest absolute Gasteiger partial charge is 0.462 e. The molecule has 0 aliphatic heterocycles. The summed E-state index contributed by atoms with van der Waals surface area (Å²) in [6, 6.07) is 0. The third-order valence-electron chi connectivity index (χ3n) is 13.1. The SMILES string of the molecule is CCC(C)CCCCCCCCCCCCC(=O)OC[C@H](COC(=O)CCCCCCCCC(C)CC)OC(=O)CCCCCCCCCCCCCCCCCCC(C)C.